The molecule has 1 unspecified atom stereocenters. The summed E-state index contributed by atoms with van der Waals surface area (Å²) in [6, 6.07) is 14.4. The van der Waals surface area contributed by atoms with Crippen LogP contribution < -0.4 is 15.0 Å². The third-order valence-electron chi connectivity index (χ3n) is 4.15. The Kier molecular flexibility index (Phi) is 7.55. The second-order valence-electron chi connectivity index (χ2n) is 6.66. The van der Waals surface area contributed by atoms with Gasteiger partial charge in [-0.05, 0) is 42.8 Å². The van der Waals surface area contributed by atoms with Gasteiger partial charge in [0.05, 0.1) is 10.6 Å². The lowest BCUT2D eigenvalue weighted by atomic mass is 10.2. The predicted octanol–water partition coefficient (Wildman–Crippen LogP) is 5.61. The number of rotatable bonds is 5. The first-order valence-corrected chi connectivity index (χ1v) is 11.4. The number of carbonyl (C=O) groups is 2. The number of thioether (sulfide) groups is 1. The summed E-state index contributed by atoms with van der Waals surface area (Å²) >= 11 is 24.2. The summed E-state index contributed by atoms with van der Waals surface area (Å²) < 4.78 is 4.21. The van der Waals surface area contributed by atoms with Gasteiger partial charge >= 0.3 is 0 Å². The van der Waals surface area contributed by atoms with E-state index < -0.39 is 15.9 Å². The van der Waals surface area contributed by atoms with Crippen LogP contribution in [0.1, 0.15) is 18.1 Å². The van der Waals surface area contributed by atoms with E-state index in [1.54, 1.807) is 30.3 Å². The highest BCUT2D eigenvalue weighted by Gasteiger charge is 2.36. The summed E-state index contributed by atoms with van der Waals surface area (Å²) in [4.78, 5) is 26.2. The van der Waals surface area contributed by atoms with Crippen LogP contribution in [0.3, 0.4) is 0 Å². The number of nitrogens with zero attached hydrogens (tertiary/aromatic N) is 1. The van der Waals surface area contributed by atoms with Gasteiger partial charge in [0.15, 0.2) is 4.32 Å². The maximum Gasteiger partial charge on any atom is 0.270 e. The van der Waals surface area contributed by atoms with E-state index in [4.69, 9.17) is 51.8 Å². The molecule has 2 aromatic carbocycles. The molecule has 31 heavy (non-hydrogen) atoms. The van der Waals surface area contributed by atoms with Gasteiger partial charge in [0, 0.05) is 6.92 Å². The molecule has 1 saturated heterocycles. The van der Waals surface area contributed by atoms with E-state index in [0.29, 0.717) is 15.0 Å². The van der Waals surface area contributed by atoms with Gasteiger partial charge in [0.2, 0.25) is 15.9 Å². The number of anilines is 1. The SMILES string of the molecule is CC(=O)NC(Oc1ccc(/C=C2\SC(=S)N(c3ccc(C)cc3)C2=O)cc1)C(Cl)(Cl)Cl. The standard InChI is InChI=1S/C21H17Cl3N2O3S2/c1-12-3-7-15(8-4-12)26-18(28)17(31-20(26)30)11-14-5-9-16(10-6-14)29-19(21(22,23)24)25-13(2)27/h3-11,19H,1-2H3,(H,25,27)/b17-11-. The van der Waals surface area contributed by atoms with Gasteiger partial charge in [-0.1, -0.05) is 88.6 Å². The average molecular weight is 516 g/mol. The van der Waals surface area contributed by atoms with Crippen LogP contribution in [0.15, 0.2) is 53.4 Å². The minimum Gasteiger partial charge on any atom is -0.466 e. The fourth-order valence-corrected chi connectivity index (χ4v) is 4.27. The number of hydrogen-bond acceptors (Lipinski definition) is 5. The lowest BCUT2D eigenvalue weighted by Crippen LogP contribution is -2.47. The smallest absolute Gasteiger partial charge is 0.270 e. The molecular weight excluding hydrogens is 499 g/mol. The summed E-state index contributed by atoms with van der Waals surface area (Å²) in [6.07, 6.45) is 0.587. The zero-order valence-electron chi connectivity index (χ0n) is 16.4. The number of amides is 2. The number of thiocarbonyl (C=S) groups is 1. The van der Waals surface area contributed by atoms with E-state index >= 15 is 0 Å². The van der Waals surface area contributed by atoms with Crippen LogP contribution in [0.5, 0.6) is 5.75 Å². The third kappa shape index (κ3) is 6.14. The molecule has 5 nitrogen and oxygen atoms in total. The Labute approximate surface area is 204 Å². The van der Waals surface area contributed by atoms with Crippen LogP contribution in [0, 0.1) is 6.92 Å². The minimum absolute atomic E-state index is 0.180. The topological polar surface area (TPSA) is 58.6 Å². The molecule has 3 rings (SSSR count). The van der Waals surface area contributed by atoms with Crippen molar-refractivity contribution in [2.24, 2.45) is 0 Å². The quantitative estimate of drug-likeness (QED) is 0.243. The summed E-state index contributed by atoms with van der Waals surface area (Å²) in [5.74, 6) is -0.195. The largest absolute Gasteiger partial charge is 0.466 e. The van der Waals surface area contributed by atoms with Crippen LogP contribution >= 0.6 is 58.8 Å². The highest BCUT2D eigenvalue weighted by atomic mass is 35.6. The number of halogens is 3. The molecule has 1 fully saturated rings. The Balaban J connectivity index is 1.75. The van der Waals surface area contributed by atoms with Crippen molar-refractivity contribution in [3.05, 3.63) is 64.6 Å². The van der Waals surface area contributed by atoms with E-state index in [0.717, 1.165) is 16.8 Å². The summed E-state index contributed by atoms with van der Waals surface area (Å²) in [5, 5.41) is 2.44. The fraction of sp³-hybridized carbons (Fsp3) is 0.190. The monoisotopic (exact) mass is 514 g/mol. The van der Waals surface area contributed by atoms with Crippen LogP contribution in [0.2, 0.25) is 0 Å². The van der Waals surface area contributed by atoms with Crippen molar-refractivity contribution in [2.75, 3.05) is 4.90 Å². The Bertz CT molecular complexity index is 1040. The number of alkyl halides is 3. The number of hydrogen-bond donors (Lipinski definition) is 1. The molecule has 2 amide bonds. The van der Waals surface area contributed by atoms with Crippen molar-refractivity contribution in [3.8, 4) is 5.75 Å². The van der Waals surface area contributed by atoms with E-state index in [1.165, 1.54) is 23.6 Å². The molecule has 0 aromatic heterocycles. The first kappa shape index (κ1) is 23.9. The van der Waals surface area contributed by atoms with E-state index in [1.807, 2.05) is 31.2 Å². The molecule has 2 aromatic rings. The van der Waals surface area contributed by atoms with Gasteiger partial charge in [-0.3, -0.25) is 14.5 Å². The molecular formula is C21H17Cl3N2O3S2. The van der Waals surface area contributed by atoms with Crippen molar-refractivity contribution in [2.45, 2.75) is 23.9 Å². The normalized spacial score (nSPS) is 16.5. The van der Waals surface area contributed by atoms with Crippen molar-refractivity contribution in [1.29, 1.82) is 0 Å². The van der Waals surface area contributed by atoms with Crippen molar-refractivity contribution in [3.63, 3.8) is 0 Å². The lowest BCUT2D eigenvalue weighted by molar-refractivity contribution is -0.121. The van der Waals surface area contributed by atoms with Crippen molar-refractivity contribution >= 4 is 86.7 Å². The average Bonchev–Trinajstić information content (AvgIpc) is 2.96. The minimum atomic E-state index is -1.85. The molecule has 0 bridgehead atoms. The molecule has 162 valence electrons. The predicted molar refractivity (Wildman–Crippen MR) is 132 cm³/mol. The molecule has 1 atom stereocenters. The number of benzene rings is 2. The number of carbonyl (C=O) groups excluding carboxylic acids is 2. The highest BCUT2D eigenvalue weighted by molar-refractivity contribution is 8.27. The molecule has 0 saturated carbocycles. The number of aryl methyl sites for hydroxylation is 1. The number of ether oxygens (including phenoxy) is 1. The fourth-order valence-electron chi connectivity index (χ4n) is 2.68. The van der Waals surface area contributed by atoms with Gasteiger partial charge in [-0.25, -0.2) is 0 Å². The second kappa shape index (κ2) is 9.79. The molecule has 1 heterocycles. The maximum atomic E-state index is 12.9. The summed E-state index contributed by atoms with van der Waals surface area (Å²) in [6.45, 7) is 3.27. The molecule has 10 heteroatoms. The second-order valence-corrected chi connectivity index (χ2v) is 10.7. The maximum absolute atomic E-state index is 12.9. The van der Waals surface area contributed by atoms with E-state index in [2.05, 4.69) is 5.32 Å². The van der Waals surface area contributed by atoms with Crippen LogP contribution in [0.25, 0.3) is 6.08 Å². The van der Waals surface area contributed by atoms with Crippen LogP contribution in [-0.4, -0.2) is 26.2 Å². The molecule has 0 aliphatic carbocycles. The van der Waals surface area contributed by atoms with Gasteiger partial charge in [-0.15, -0.1) is 0 Å². The zero-order valence-corrected chi connectivity index (χ0v) is 20.3. The third-order valence-corrected chi connectivity index (χ3v) is 6.05. The Morgan fingerprint density at radius 3 is 2.32 bits per heavy atom. The Hall–Kier alpha value is -1.77. The molecule has 1 aliphatic rings. The van der Waals surface area contributed by atoms with Gasteiger partial charge in [0.1, 0.15) is 5.75 Å². The summed E-state index contributed by atoms with van der Waals surface area (Å²) in [7, 11) is 0. The Morgan fingerprint density at radius 2 is 1.77 bits per heavy atom. The Morgan fingerprint density at radius 1 is 1.16 bits per heavy atom. The van der Waals surface area contributed by atoms with Crippen LogP contribution in [0.4, 0.5) is 5.69 Å². The molecule has 1 N–H and O–H groups in total. The van der Waals surface area contributed by atoms with Gasteiger partial charge in [0.25, 0.3) is 5.91 Å². The number of nitrogens with one attached hydrogen (secondary N) is 1. The van der Waals surface area contributed by atoms with Crippen molar-refractivity contribution in [1.82, 2.24) is 5.32 Å². The first-order chi connectivity index (χ1) is 14.5. The van der Waals surface area contributed by atoms with E-state index in [9.17, 15) is 9.59 Å². The molecule has 0 spiro atoms. The molecule has 1 aliphatic heterocycles. The first-order valence-electron chi connectivity index (χ1n) is 9.00. The zero-order chi connectivity index (χ0) is 22.8. The van der Waals surface area contributed by atoms with E-state index in [-0.39, 0.29) is 5.91 Å². The van der Waals surface area contributed by atoms with Gasteiger partial charge < -0.3 is 10.1 Å². The lowest BCUT2D eigenvalue weighted by Gasteiger charge is -2.25. The van der Waals surface area contributed by atoms with Gasteiger partial charge in [-0.2, -0.15) is 0 Å². The molecule has 0 radical (unpaired) electrons. The summed E-state index contributed by atoms with van der Waals surface area (Å²) in [5.41, 5.74) is 2.60. The van der Waals surface area contributed by atoms with Crippen LogP contribution in [-0.2, 0) is 9.59 Å². The van der Waals surface area contributed by atoms with Crippen molar-refractivity contribution < 1.29 is 14.3 Å². The highest BCUT2D eigenvalue weighted by Crippen LogP contribution is 2.36.